The van der Waals surface area contributed by atoms with Crippen molar-refractivity contribution in [3.8, 4) is 5.75 Å². The number of sulfonamides is 1. The zero-order valence-corrected chi connectivity index (χ0v) is 19.8. The Balaban J connectivity index is 1.29. The molecule has 4 bridgehead atoms. The Morgan fingerprint density at radius 3 is 2.21 bits per heavy atom. The van der Waals surface area contributed by atoms with Gasteiger partial charge in [0.25, 0.3) is 15.9 Å². The van der Waals surface area contributed by atoms with E-state index in [1.165, 1.54) is 35.7 Å². The van der Waals surface area contributed by atoms with Crippen LogP contribution in [-0.4, -0.2) is 32.5 Å². The quantitative estimate of drug-likeness (QED) is 0.695. The van der Waals surface area contributed by atoms with Crippen LogP contribution < -0.4 is 14.4 Å². The molecule has 174 valence electrons. The highest BCUT2D eigenvalue weighted by Crippen LogP contribution is 2.55. The zero-order chi connectivity index (χ0) is 22.8. The van der Waals surface area contributed by atoms with Crippen LogP contribution in [0.2, 0.25) is 5.02 Å². The monoisotopic (exact) mass is 486 g/mol. The number of fused-ring (bicyclic) bond motifs is 1. The minimum Gasteiger partial charge on any atom is -0.476 e. The van der Waals surface area contributed by atoms with Gasteiger partial charge < -0.3 is 10.1 Å². The molecule has 1 aliphatic heterocycles. The van der Waals surface area contributed by atoms with Crippen molar-refractivity contribution in [1.82, 2.24) is 5.32 Å². The average Bonchev–Trinajstić information content (AvgIpc) is 2.77. The topological polar surface area (TPSA) is 75.7 Å². The maximum Gasteiger partial charge on any atom is 0.264 e. The fraction of sp³-hybridized carbons (Fsp3) is 0.480. The summed E-state index contributed by atoms with van der Waals surface area (Å²) in [6.45, 7) is -0.0693. The fourth-order valence-electron chi connectivity index (χ4n) is 6.91. The summed E-state index contributed by atoms with van der Waals surface area (Å²) in [5, 5.41) is 3.80. The van der Waals surface area contributed by atoms with Gasteiger partial charge in [-0.3, -0.25) is 9.10 Å². The molecule has 0 saturated heterocycles. The first-order valence-electron chi connectivity index (χ1n) is 11.7. The van der Waals surface area contributed by atoms with Crippen LogP contribution in [0.1, 0.15) is 38.5 Å². The summed E-state index contributed by atoms with van der Waals surface area (Å²) in [5.41, 5.74) is 0.276. The summed E-state index contributed by atoms with van der Waals surface area (Å²) >= 11 is 5.96. The number of nitrogens with zero attached hydrogens (tertiary/aromatic N) is 1. The lowest BCUT2D eigenvalue weighted by molar-refractivity contribution is -0.133. The number of hydrogen-bond donors (Lipinski definition) is 1. The lowest BCUT2D eigenvalue weighted by Gasteiger charge is -2.57. The molecule has 1 N–H and O–H groups in total. The number of benzene rings is 2. The van der Waals surface area contributed by atoms with Crippen molar-refractivity contribution >= 4 is 33.2 Å². The second kappa shape index (κ2) is 7.64. The van der Waals surface area contributed by atoms with Gasteiger partial charge in [-0.1, -0.05) is 23.7 Å². The molecule has 4 fully saturated rings. The van der Waals surface area contributed by atoms with Crippen LogP contribution in [0.3, 0.4) is 0 Å². The number of para-hydroxylation sites is 2. The first-order valence-corrected chi connectivity index (χ1v) is 13.5. The third-order valence-corrected chi connectivity index (χ3v) is 9.90. The van der Waals surface area contributed by atoms with Crippen molar-refractivity contribution in [2.75, 3.05) is 10.8 Å². The molecule has 7 rings (SSSR count). The third kappa shape index (κ3) is 3.69. The second-order valence-electron chi connectivity index (χ2n) is 10.3. The van der Waals surface area contributed by atoms with E-state index in [2.05, 4.69) is 5.32 Å². The van der Waals surface area contributed by atoms with Crippen LogP contribution in [0.25, 0.3) is 0 Å². The van der Waals surface area contributed by atoms with E-state index in [1.54, 1.807) is 36.4 Å². The van der Waals surface area contributed by atoms with Gasteiger partial charge in [-0.15, -0.1) is 0 Å². The third-order valence-electron chi connectivity index (χ3n) is 7.86. The molecule has 2 aromatic carbocycles. The molecule has 8 heteroatoms. The molecule has 4 saturated carbocycles. The first kappa shape index (κ1) is 21.3. The van der Waals surface area contributed by atoms with Gasteiger partial charge in [-0.05, 0) is 92.7 Å². The van der Waals surface area contributed by atoms with Gasteiger partial charge in [0.05, 0.1) is 17.1 Å². The number of carbonyl (C=O) groups is 1. The number of rotatable bonds is 4. The Hall–Kier alpha value is -2.25. The van der Waals surface area contributed by atoms with Crippen molar-refractivity contribution in [3.05, 3.63) is 53.6 Å². The molecule has 0 radical (unpaired) electrons. The van der Waals surface area contributed by atoms with Crippen molar-refractivity contribution in [3.63, 3.8) is 0 Å². The van der Waals surface area contributed by atoms with Gasteiger partial charge in [0.15, 0.2) is 6.10 Å². The van der Waals surface area contributed by atoms with E-state index in [9.17, 15) is 13.2 Å². The second-order valence-corrected chi connectivity index (χ2v) is 12.6. The van der Waals surface area contributed by atoms with Gasteiger partial charge in [0.2, 0.25) is 0 Å². The molecule has 0 aromatic heterocycles. The number of ether oxygens (including phenoxy) is 1. The van der Waals surface area contributed by atoms with E-state index in [1.807, 2.05) is 0 Å². The average molecular weight is 487 g/mol. The predicted octanol–water partition coefficient (Wildman–Crippen LogP) is 4.38. The summed E-state index contributed by atoms with van der Waals surface area (Å²) in [7, 11) is -3.90. The summed E-state index contributed by atoms with van der Waals surface area (Å²) in [6.07, 6.45) is 6.04. The predicted molar refractivity (Wildman–Crippen MR) is 126 cm³/mol. The minimum absolute atomic E-state index is 0.0693. The molecule has 5 aliphatic rings. The highest BCUT2D eigenvalue weighted by molar-refractivity contribution is 7.92. The number of halogens is 1. The Morgan fingerprint density at radius 2 is 1.58 bits per heavy atom. The molecule has 33 heavy (non-hydrogen) atoms. The van der Waals surface area contributed by atoms with Crippen LogP contribution in [0, 0.1) is 17.8 Å². The van der Waals surface area contributed by atoms with Crippen LogP contribution in [-0.2, 0) is 14.8 Å². The first-order chi connectivity index (χ1) is 15.8. The molecule has 4 aliphatic carbocycles. The summed E-state index contributed by atoms with van der Waals surface area (Å²) in [6, 6.07) is 13.0. The van der Waals surface area contributed by atoms with Gasteiger partial charge in [0.1, 0.15) is 5.75 Å². The Labute approximate surface area is 199 Å². The largest absolute Gasteiger partial charge is 0.476 e. The SMILES string of the molecule is O=C(NC12CC3CC(CC(C3)C1)C2)[C@@H]1CN(S(=O)(=O)c2ccc(Cl)cc2)c2ccccc2O1. The lowest BCUT2D eigenvalue weighted by atomic mass is 9.53. The molecule has 1 amide bonds. The van der Waals surface area contributed by atoms with E-state index in [4.69, 9.17) is 16.3 Å². The van der Waals surface area contributed by atoms with Gasteiger partial charge in [0, 0.05) is 10.6 Å². The molecule has 6 nitrogen and oxygen atoms in total. The van der Waals surface area contributed by atoms with Crippen molar-refractivity contribution in [1.29, 1.82) is 0 Å². The van der Waals surface area contributed by atoms with Gasteiger partial charge in [-0.2, -0.15) is 0 Å². The molecular weight excluding hydrogens is 460 g/mol. The highest BCUT2D eigenvalue weighted by atomic mass is 35.5. The summed E-state index contributed by atoms with van der Waals surface area (Å²) in [5.74, 6) is 2.28. The number of hydrogen-bond acceptors (Lipinski definition) is 4. The van der Waals surface area contributed by atoms with Crippen LogP contribution in [0.15, 0.2) is 53.4 Å². The van der Waals surface area contributed by atoms with Crippen molar-refractivity contribution in [2.45, 2.75) is 55.1 Å². The molecular formula is C25H27ClN2O4S. The maximum absolute atomic E-state index is 13.5. The normalized spacial score (nSPS) is 32.2. The standard InChI is InChI=1S/C25H27ClN2O4S/c26-19-5-7-20(8-6-19)33(30,31)28-15-23(32-22-4-2-1-3-21(22)28)24(29)27-25-12-16-9-17(13-25)11-18(10-16)14-25/h1-8,16-18,23H,9-15H2,(H,27,29)/t16?,17?,18?,23-,25?/m0/s1. The van der Waals surface area contributed by atoms with E-state index in [0.717, 1.165) is 19.3 Å². The molecule has 2 aromatic rings. The summed E-state index contributed by atoms with van der Waals surface area (Å²) < 4.78 is 34.4. The maximum atomic E-state index is 13.5. The molecule has 0 unspecified atom stereocenters. The number of carbonyl (C=O) groups excluding carboxylic acids is 1. The Bertz CT molecular complexity index is 1160. The van der Waals surface area contributed by atoms with Crippen molar-refractivity contribution < 1.29 is 17.9 Å². The van der Waals surface area contributed by atoms with Crippen LogP contribution >= 0.6 is 11.6 Å². The van der Waals surface area contributed by atoms with Crippen molar-refractivity contribution in [2.24, 2.45) is 17.8 Å². The molecule has 1 heterocycles. The Morgan fingerprint density at radius 1 is 0.970 bits per heavy atom. The highest BCUT2D eigenvalue weighted by Gasteiger charge is 2.52. The fourth-order valence-corrected chi connectivity index (χ4v) is 8.51. The van der Waals surface area contributed by atoms with Gasteiger partial charge in [-0.25, -0.2) is 8.42 Å². The van der Waals surface area contributed by atoms with E-state index in [0.29, 0.717) is 34.2 Å². The van der Waals surface area contributed by atoms with E-state index < -0.39 is 16.1 Å². The lowest BCUT2D eigenvalue weighted by Crippen LogP contribution is -2.63. The zero-order valence-electron chi connectivity index (χ0n) is 18.2. The number of amides is 1. The van der Waals surface area contributed by atoms with E-state index >= 15 is 0 Å². The molecule has 1 atom stereocenters. The number of nitrogens with one attached hydrogen (secondary N) is 1. The minimum atomic E-state index is -3.90. The van der Waals surface area contributed by atoms with E-state index in [-0.39, 0.29) is 22.9 Å². The smallest absolute Gasteiger partial charge is 0.264 e. The summed E-state index contributed by atoms with van der Waals surface area (Å²) in [4.78, 5) is 13.6. The Kier molecular flexibility index (Phi) is 4.93. The van der Waals surface area contributed by atoms with Gasteiger partial charge >= 0.3 is 0 Å². The number of anilines is 1. The molecule has 0 spiro atoms. The van der Waals surface area contributed by atoms with Crippen LogP contribution in [0.4, 0.5) is 5.69 Å². The van der Waals surface area contributed by atoms with Crippen LogP contribution in [0.5, 0.6) is 5.75 Å².